The maximum absolute atomic E-state index is 12.9. The van der Waals surface area contributed by atoms with Gasteiger partial charge in [-0.1, -0.05) is 17.7 Å². The van der Waals surface area contributed by atoms with Crippen LogP contribution in [0.2, 0.25) is 5.02 Å². The first-order valence-electron chi connectivity index (χ1n) is 17.3. The largest absolute Gasteiger partial charge is 0.490 e. The fraction of sp³-hybridized carbons (Fsp3) is 0.541. The molecule has 0 bridgehead atoms. The normalized spacial score (nSPS) is 27.2. The van der Waals surface area contributed by atoms with Crippen molar-refractivity contribution in [2.75, 3.05) is 44.1 Å². The van der Waals surface area contributed by atoms with E-state index in [0.717, 1.165) is 74.5 Å². The minimum atomic E-state index is -3.66. The van der Waals surface area contributed by atoms with E-state index in [1.54, 1.807) is 19.1 Å². The summed E-state index contributed by atoms with van der Waals surface area (Å²) in [5, 5.41) is 0.579. The maximum atomic E-state index is 12.9. The third kappa shape index (κ3) is 7.18. The second-order valence-corrected chi connectivity index (χ2v) is 16.5. The summed E-state index contributed by atoms with van der Waals surface area (Å²) in [6.45, 7) is 4.48. The molecule has 3 heterocycles. The lowest BCUT2D eigenvalue weighted by atomic mass is 9.67. The average molecular weight is 710 g/mol. The molecule has 4 aliphatic rings. The predicted octanol–water partition coefficient (Wildman–Crippen LogP) is 5.84. The molecular formula is C37H44ClN3O7S. The minimum absolute atomic E-state index is 0.0226. The molecule has 0 unspecified atom stereocenters. The molecule has 1 spiro atoms. The van der Waals surface area contributed by atoms with Gasteiger partial charge in [-0.2, -0.15) is 0 Å². The number of hydrogen-bond acceptors (Lipinski definition) is 10. The highest BCUT2D eigenvalue weighted by Gasteiger charge is 2.45. The van der Waals surface area contributed by atoms with E-state index >= 15 is 0 Å². The highest BCUT2D eigenvalue weighted by Crippen LogP contribution is 2.47. The van der Waals surface area contributed by atoms with Crippen LogP contribution in [0.15, 0.2) is 60.0 Å². The van der Waals surface area contributed by atoms with Crippen molar-refractivity contribution in [3.8, 4) is 5.75 Å². The van der Waals surface area contributed by atoms with Crippen molar-refractivity contribution in [1.82, 2.24) is 9.97 Å². The Morgan fingerprint density at radius 3 is 2.76 bits per heavy atom. The number of nitrogens with zero attached hydrogens (tertiary/aromatic N) is 3. The standard InChI is InChI=1S/C37H44ClN3O7S/c1-24(21-49(43,44)36-39-14-4-15-40-36)48-29-12-16-46-34(19-29)30-9-6-27(30)20-41-22-37(13-3-5-25-17-28(38)8-10-31(25)37)23-47-33-11-7-26(18-32(33)41)35(42)45-2/h4,7-8,10-11,14-15,17-18,24,27,29-30,34H,3,5-6,9,12-13,16,19-23H2,1-2H3/t24-,27-,29-,30+,34+,37-/m0/s1. The zero-order valence-corrected chi connectivity index (χ0v) is 29.6. The number of sulfone groups is 1. The molecule has 49 heavy (non-hydrogen) atoms. The topological polar surface area (TPSA) is 117 Å². The molecular weight excluding hydrogens is 666 g/mol. The summed E-state index contributed by atoms with van der Waals surface area (Å²) in [5.74, 6) is 0.934. The van der Waals surface area contributed by atoms with E-state index in [0.29, 0.717) is 30.6 Å². The van der Waals surface area contributed by atoms with Crippen LogP contribution in [0.25, 0.3) is 0 Å². The fourth-order valence-corrected chi connectivity index (χ4v) is 9.85. The van der Waals surface area contributed by atoms with Gasteiger partial charge >= 0.3 is 5.97 Å². The Labute approximate surface area is 293 Å². The summed E-state index contributed by atoms with van der Waals surface area (Å²) < 4.78 is 50.1. The molecule has 1 aromatic heterocycles. The third-order valence-corrected chi connectivity index (χ3v) is 12.7. The van der Waals surface area contributed by atoms with Gasteiger partial charge in [0.2, 0.25) is 15.0 Å². The number of carbonyl (C=O) groups excluding carboxylic acids is 1. The van der Waals surface area contributed by atoms with Crippen molar-refractivity contribution < 1.29 is 32.2 Å². The van der Waals surface area contributed by atoms with Crippen molar-refractivity contribution >= 4 is 33.1 Å². The molecule has 1 saturated carbocycles. The van der Waals surface area contributed by atoms with Gasteiger partial charge in [-0.25, -0.2) is 23.2 Å². The summed E-state index contributed by atoms with van der Waals surface area (Å²) in [6.07, 6.45) is 8.91. The second kappa shape index (κ2) is 14.2. The van der Waals surface area contributed by atoms with Crippen LogP contribution in [0.5, 0.6) is 5.75 Å². The molecule has 2 fully saturated rings. The van der Waals surface area contributed by atoms with Crippen molar-refractivity contribution in [2.24, 2.45) is 11.8 Å². The van der Waals surface area contributed by atoms with Gasteiger partial charge in [0.25, 0.3) is 0 Å². The molecule has 2 aliphatic heterocycles. The molecule has 0 radical (unpaired) electrons. The van der Waals surface area contributed by atoms with Crippen molar-refractivity contribution in [3.63, 3.8) is 0 Å². The van der Waals surface area contributed by atoms with E-state index in [2.05, 4.69) is 27.0 Å². The number of anilines is 1. The Hall–Kier alpha value is -3.25. The number of carbonyl (C=O) groups is 1. The zero-order chi connectivity index (χ0) is 34.2. The number of aryl methyl sites for hydroxylation is 1. The SMILES string of the molecule is COC(=O)c1ccc2c(c1)N(C[C@@H]1CC[C@H]1[C@H]1C[C@@H](O[C@@H](C)CS(=O)(=O)c3ncccn3)CCO1)C[C@@]1(CCCc3cc(Cl)ccc31)CO2. The molecule has 2 aliphatic carbocycles. The number of aromatic nitrogens is 2. The maximum Gasteiger partial charge on any atom is 0.337 e. The Morgan fingerprint density at radius 2 is 1.98 bits per heavy atom. The fourth-order valence-electron chi connectivity index (χ4n) is 8.37. The van der Waals surface area contributed by atoms with Crippen molar-refractivity contribution in [3.05, 3.63) is 76.6 Å². The number of hydrogen-bond donors (Lipinski definition) is 0. The van der Waals surface area contributed by atoms with Crippen LogP contribution < -0.4 is 9.64 Å². The molecule has 7 rings (SSSR count). The van der Waals surface area contributed by atoms with Crippen LogP contribution >= 0.6 is 11.6 Å². The number of ether oxygens (including phenoxy) is 4. The van der Waals surface area contributed by atoms with Crippen molar-refractivity contribution in [1.29, 1.82) is 0 Å². The molecule has 3 aromatic rings. The first kappa shape index (κ1) is 34.2. The lowest BCUT2D eigenvalue weighted by molar-refractivity contribution is -0.126. The highest BCUT2D eigenvalue weighted by atomic mass is 35.5. The lowest BCUT2D eigenvalue weighted by Gasteiger charge is -2.48. The van der Waals surface area contributed by atoms with Crippen LogP contribution in [0.3, 0.4) is 0 Å². The van der Waals surface area contributed by atoms with Crippen LogP contribution in [0.4, 0.5) is 5.69 Å². The first-order chi connectivity index (χ1) is 23.6. The van der Waals surface area contributed by atoms with E-state index in [1.807, 2.05) is 18.2 Å². The van der Waals surface area contributed by atoms with Gasteiger partial charge in [0, 0.05) is 48.9 Å². The molecule has 262 valence electrons. The molecule has 0 amide bonds. The predicted molar refractivity (Wildman–Crippen MR) is 185 cm³/mol. The van der Waals surface area contributed by atoms with E-state index in [9.17, 15) is 13.2 Å². The van der Waals surface area contributed by atoms with Gasteiger partial charge in [0.1, 0.15) is 5.75 Å². The first-order valence-corrected chi connectivity index (χ1v) is 19.3. The third-order valence-electron chi connectivity index (χ3n) is 10.8. The van der Waals surface area contributed by atoms with Crippen LogP contribution in [-0.2, 0) is 35.9 Å². The molecule has 6 atom stereocenters. The van der Waals surface area contributed by atoms with Gasteiger partial charge in [-0.05, 0) is 105 Å². The van der Waals surface area contributed by atoms with Gasteiger partial charge in [0.15, 0.2) is 0 Å². The number of benzene rings is 2. The smallest absolute Gasteiger partial charge is 0.337 e. The Morgan fingerprint density at radius 1 is 1.14 bits per heavy atom. The Kier molecular flexibility index (Phi) is 9.89. The Bertz CT molecular complexity index is 1780. The summed E-state index contributed by atoms with van der Waals surface area (Å²) >= 11 is 6.44. The summed E-state index contributed by atoms with van der Waals surface area (Å²) in [5.41, 5.74) is 3.77. The Balaban J connectivity index is 1.08. The minimum Gasteiger partial charge on any atom is -0.490 e. The zero-order valence-electron chi connectivity index (χ0n) is 28.1. The monoisotopic (exact) mass is 709 g/mol. The second-order valence-electron chi connectivity index (χ2n) is 14.1. The van der Waals surface area contributed by atoms with E-state index in [-0.39, 0.29) is 34.5 Å². The van der Waals surface area contributed by atoms with E-state index in [1.165, 1.54) is 30.6 Å². The van der Waals surface area contributed by atoms with Gasteiger partial charge < -0.3 is 23.8 Å². The molecule has 12 heteroatoms. The average Bonchev–Trinajstić information content (AvgIpc) is 3.23. The number of fused-ring (bicyclic) bond motifs is 3. The van der Waals surface area contributed by atoms with Crippen LogP contribution in [0.1, 0.15) is 66.9 Å². The lowest BCUT2D eigenvalue weighted by Crippen LogP contribution is -2.51. The van der Waals surface area contributed by atoms with E-state index in [4.69, 9.17) is 30.5 Å². The quantitative estimate of drug-likeness (QED) is 0.198. The van der Waals surface area contributed by atoms with Gasteiger partial charge in [0.05, 0.1) is 49.0 Å². The number of esters is 1. The van der Waals surface area contributed by atoms with Gasteiger partial charge in [-0.3, -0.25) is 0 Å². The van der Waals surface area contributed by atoms with Gasteiger partial charge in [-0.15, -0.1) is 0 Å². The molecule has 0 N–H and O–H groups in total. The van der Waals surface area contributed by atoms with Crippen LogP contribution in [0, 0.1) is 11.8 Å². The summed E-state index contributed by atoms with van der Waals surface area (Å²) in [4.78, 5) is 22.9. The molecule has 10 nitrogen and oxygen atoms in total. The van der Waals surface area contributed by atoms with E-state index < -0.39 is 15.9 Å². The number of methoxy groups -OCH3 is 1. The molecule has 1 saturated heterocycles. The summed E-state index contributed by atoms with van der Waals surface area (Å²) in [7, 11) is -2.26. The van der Waals surface area contributed by atoms with Crippen LogP contribution in [-0.4, -0.2) is 81.8 Å². The highest BCUT2D eigenvalue weighted by molar-refractivity contribution is 7.91. The number of halogens is 1. The van der Waals surface area contributed by atoms with Crippen molar-refractivity contribution in [2.45, 2.75) is 80.8 Å². The number of rotatable bonds is 9. The summed E-state index contributed by atoms with van der Waals surface area (Å²) in [6, 6.07) is 13.4. The molecule has 2 aromatic carbocycles.